The monoisotopic (exact) mass is 307 g/mol. The summed E-state index contributed by atoms with van der Waals surface area (Å²) < 4.78 is 29.8. The van der Waals surface area contributed by atoms with Crippen LogP contribution in [0, 0.1) is 5.92 Å². The van der Waals surface area contributed by atoms with Gasteiger partial charge in [0, 0.05) is 11.5 Å². The Hall–Kier alpha value is -1.16. The summed E-state index contributed by atoms with van der Waals surface area (Å²) in [6.45, 7) is -1.63. The Bertz CT molecular complexity index is 576. The van der Waals surface area contributed by atoms with E-state index < -0.39 is 6.61 Å². The SMILES string of the molecule is CN1CC[C@]23CCCCC2[C@H]1Cc1ccc(OC(F)F)cc13. The van der Waals surface area contributed by atoms with Crippen LogP contribution >= 0.6 is 0 Å². The summed E-state index contributed by atoms with van der Waals surface area (Å²) >= 11 is 0. The van der Waals surface area contributed by atoms with Gasteiger partial charge in [0.1, 0.15) is 5.75 Å². The van der Waals surface area contributed by atoms with Crippen molar-refractivity contribution in [2.75, 3.05) is 13.6 Å². The van der Waals surface area contributed by atoms with Crippen molar-refractivity contribution < 1.29 is 13.5 Å². The van der Waals surface area contributed by atoms with Crippen LogP contribution in [-0.2, 0) is 11.8 Å². The molecule has 3 aliphatic rings. The fourth-order valence-corrected chi connectivity index (χ4v) is 5.35. The smallest absolute Gasteiger partial charge is 0.387 e. The van der Waals surface area contributed by atoms with Crippen LogP contribution in [0.3, 0.4) is 0 Å². The zero-order valence-electron chi connectivity index (χ0n) is 13.0. The number of rotatable bonds is 2. The molecule has 1 heterocycles. The van der Waals surface area contributed by atoms with E-state index in [2.05, 4.69) is 16.7 Å². The van der Waals surface area contributed by atoms with Gasteiger partial charge >= 0.3 is 6.61 Å². The highest BCUT2D eigenvalue weighted by Crippen LogP contribution is 2.55. The van der Waals surface area contributed by atoms with Crippen molar-refractivity contribution in [2.45, 2.75) is 56.6 Å². The van der Waals surface area contributed by atoms with E-state index in [0.717, 1.165) is 19.4 Å². The number of nitrogens with zero attached hydrogens (tertiary/aromatic N) is 1. The second-order valence-corrected chi connectivity index (χ2v) is 7.21. The highest BCUT2D eigenvalue weighted by Gasteiger charge is 2.53. The van der Waals surface area contributed by atoms with E-state index in [1.54, 1.807) is 6.07 Å². The Morgan fingerprint density at radius 3 is 2.95 bits per heavy atom. The molecule has 120 valence electrons. The molecule has 1 aliphatic heterocycles. The second-order valence-electron chi connectivity index (χ2n) is 7.21. The number of likely N-dealkylation sites (tertiary alicyclic amines) is 1. The quantitative estimate of drug-likeness (QED) is 0.819. The van der Waals surface area contributed by atoms with E-state index in [1.807, 2.05) is 12.1 Å². The molecule has 1 aromatic carbocycles. The fourth-order valence-electron chi connectivity index (χ4n) is 5.35. The number of fused-ring (bicyclic) bond motifs is 1. The van der Waals surface area contributed by atoms with E-state index in [1.165, 1.54) is 36.8 Å². The first-order valence-corrected chi connectivity index (χ1v) is 8.39. The molecule has 4 heteroatoms. The number of likely N-dealkylation sites (N-methyl/N-ethyl adjacent to an activating group) is 1. The van der Waals surface area contributed by atoms with E-state index >= 15 is 0 Å². The highest BCUT2D eigenvalue weighted by atomic mass is 19.3. The van der Waals surface area contributed by atoms with Crippen LogP contribution in [0.15, 0.2) is 18.2 Å². The molecule has 1 unspecified atom stereocenters. The second kappa shape index (κ2) is 5.19. The minimum absolute atomic E-state index is 0.199. The topological polar surface area (TPSA) is 12.5 Å². The first-order valence-electron chi connectivity index (χ1n) is 8.39. The molecule has 0 radical (unpaired) electrons. The van der Waals surface area contributed by atoms with Gasteiger partial charge in [-0.25, -0.2) is 0 Å². The average molecular weight is 307 g/mol. The fraction of sp³-hybridized carbons (Fsp3) is 0.667. The molecule has 0 aromatic heterocycles. The number of hydrogen-bond donors (Lipinski definition) is 0. The maximum atomic E-state index is 12.6. The normalized spacial score (nSPS) is 34.2. The van der Waals surface area contributed by atoms with Crippen LogP contribution < -0.4 is 4.74 Å². The first-order chi connectivity index (χ1) is 10.6. The summed E-state index contributed by atoms with van der Waals surface area (Å²) in [5, 5.41) is 0. The van der Waals surface area contributed by atoms with Crippen LogP contribution in [0.5, 0.6) is 5.75 Å². The summed E-state index contributed by atoms with van der Waals surface area (Å²) in [4.78, 5) is 2.51. The number of piperidine rings is 1. The van der Waals surface area contributed by atoms with Gasteiger partial charge in [-0.2, -0.15) is 8.78 Å². The zero-order chi connectivity index (χ0) is 15.3. The molecule has 0 N–H and O–H groups in total. The lowest BCUT2D eigenvalue weighted by Crippen LogP contribution is -2.59. The van der Waals surface area contributed by atoms with E-state index in [4.69, 9.17) is 0 Å². The van der Waals surface area contributed by atoms with E-state index in [9.17, 15) is 8.78 Å². The van der Waals surface area contributed by atoms with Crippen molar-refractivity contribution in [3.63, 3.8) is 0 Å². The lowest BCUT2D eigenvalue weighted by molar-refractivity contribution is -0.0503. The van der Waals surface area contributed by atoms with Gasteiger partial charge in [0.25, 0.3) is 0 Å². The van der Waals surface area contributed by atoms with Gasteiger partial charge in [-0.1, -0.05) is 18.9 Å². The Balaban J connectivity index is 1.80. The van der Waals surface area contributed by atoms with Crippen LogP contribution in [0.2, 0.25) is 0 Å². The molecule has 1 saturated heterocycles. The molecule has 22 heavy (non-hydrogen) atoms. The largest absolute Gasteiger partial charge is 0.435 e. The van der Waals surface area contributed by atoms with E-state index in [-0.39, 0.29) is 5.41 Å². The maximum Gasteiger partial charge on any atom is 0.387 e. The zero-order valence-corrected chi connectivity index (χ0v) is 13.0. The third kappa shape index (κ3) is 2.07. The number of halogens is 2. The van der Waals surface area contributed by atoms with Crippen molar-refractivity contribution in [1.29, 1.82) is 0 Å². The Morgan fingerprint density at radius 1 is 1.27 bits per heavy atom. The molecule has 0 spiro atoms. The maximum absolute atomic E-state index is 12.6. The van der Waals surface area contributed by atoms with E-state index in [0.29, 0.717) is 17.7 Å². The number of hydrogen-bond acceptors (Lipinski definition) is 2. The number of ether oxygens (including phenoxy) is 1. The predicted octanol–water partition coefficient (Wildman–Crippen LogP) is 3.98. The third-order valence-corrected chi connectivity index (χ3v) is 6.31. The van der Waals surface area contributed by atoms with Crippen molar-refractivity contribution in [3.8, 4) is 5.75 Å². The number of alkyl halides is 2. The molecular formula is C18H23F2NO. The lowest BCUT2D eigenvalue weighted by Gasteiger charge is -2.58. The van der Waals surface area contributed by atoms with Crippen molar-refractivity contribution >= 4 is 0 Å². The molecule has 0 amide bonds. The van der Waals surface area contributed by atoms with Crippen LogP contribution in [0.1, 0.15) is 43.2 Å². The Kier molecular flexibility index (Phi) is 3.40. The molecule has 1 saturated carbocycles. The molecule has 2 nitrogen and oxygen atoms in total. The van der Waals surface area contributed by atoms with Crippen LogP contribution in [0.4, 0.5) is 8.78 Å². The van der Waals surface area contributed by atoms with Gasteiger partial charge < -0.3 is 9.64 Å². The van der Waals surface area contributed by atoms with Crippen LogP contribution in [-0.4, -0.2) is 31.1 Å². The summed E-state index contributed by atoms with van der Waals surface area (Å²) in [6.07, 6.45) is 7.23. The van der Waals surface area contributed by atoms with Gasteiger partial charge in [-0.15, -0.1) is 0 Å². The minimum atomic E-state index is -2.74. The predicted molar refractivity (Wildman–Crippen MR) is 81.4 cm³/mol. The molecule has 2 fully saturated rings. The molecule has 2 bridgehead atoms. The van der Waals surface area contributed by atoms with Gasteiger partial charge in [-0.05, 0) is 68.5 Å². The van der Waals surface area contributed by atoms with Crippen molar-refractivity contribution in [2.24, 2.45) is 5.92 Å². The summed E-state index contributed by atoms with van der Waals surface area (Å²) in [6, 6.07) is 6.26. The molecule has 1 aromatic rings. The Morgan fingerprint density at radius 2 is 2.14 bits per heavy atom. The highest BCUT2D eigenvalue weighted by molar-refractivity contribution is 5.45. The van der Waals surface area contributed by atoms with Crippen molar-refractivity contribution in [3.05, 3.63) is 29.3 Å². The van der Waals surface area contributed by atoms with Gasteiger partial charge in [0.15, 0.2) is 0 Å². The summed E-state index contributed by atoms with van der Waals surface area (Å²) in [5.41, 5.74) is 2.85. The Labute approximate surface area is 130 Å². The third-order valence-electron chi connectivity index (χ3n) is 6.31. The van der Waals surface area contributed by atoms with Crippen LogP contribution in [0.25, 0.3) is 0 Å². The average Bonchev–Trinajstić information content (AvgIpc) is 2.51. The summed E-state index contributed by atoms with van der Waals surface area (Å²) in [7, 11) is 2.24. The molecule has 3 atom stereocenters. The summed E-state index contributed by atoms with van der Waals surface area (Å²) in [5.74, 6) is 0.999. The number of benzene rings is 1. The molecule has 4 rings (SSSR count). The van der Waals surface area contributed by atoms with Gasteiger partial charge in [0.05, 0.1) is 0 Å². The van der Waals surface area contributed by atoms with Gasteiger partial charge in [0.2, 0.25) is 0 Å². The first kappa shape index (κ1) is 14.4. The molecule has 2 aliphatic carbocycles. The minimum Gasteiger partial charge on any atom is -0.435 e. The van der Waals surface area contributed by atoms with Crippen molar-refractivity contribution in [1.82, 2.24) is 4.90 Å². The molecular weight excluding hydrogens is 284 g/mol. The van der Waals surface area contributed by atoms with Gasteiger partial charge in [-0.3, -0.25) is 0 Å². The standard InChI is InChI=1S/C18H23F2NO/c1-21-9-8-18-7-3-2-4-14(18)16(21)10-12-5-6-13(11-15(12)18)22-17(19)20/h5-6,11,14,16-17H,2-4,7-10H2,1H3/t14?,16-,18-/m1/s1. The lowest BCUT2D eigenvalue weighted by atomic mass is 9.52.